The number of benzene rings is 1. The van der Waals surface area contributed by atoms with E-state index in [1.54, 1.807) is 18.2 Å². The zero-order chi connectivity index (χ0) is 13.4. The number of para-hydroxylation sites is 2. The van der Waals surface area contributed by atoms with Gasteiger partial charge in [-0.15, -0.1) is 0 Å². The molecule has 0 radical (unpaired) electrons. The Labute approximate surface area is 107 Å². The zero-order valence-electron chi connectivity index (χ0n) is 11.0. The molecule has 0 spiro atoms. The van der Waals surface area contributed by atoms with Gasteiger partial charge in [0.2, 0.25) is 0 Å². The molecule has 4 heteroatoms. The van der Waals surface area contributed by atoms with E-state index >= 15 is 0 Å². The second kappa shape index (κ2) is 7.90. The van der Waals surface area contributed by atoms with Crippen LogP contribution in [0.25, 0.3) is 0 Å². The van der Waals surface area contributed by atoms with Crippen molar-refractivity contribution in [2.75, 3.05) is 5.32 Å². The average Bonchev–Trinajstić information content (AvgIpc) is 2.31. The van der Waals surface area contributed by atoms with Crippen molar-refractivity contribution in [2.24, 2.45) is 0 Å². The molecule has 0 aliphatic rings. The van der Waals surface area contributed by atoms with Crippen molar-refractivity contribution >= 4 is 5.69 Å². The van der Waals surface area contributed by atoms with Gasteiger partial charge in [0.05, 0.1) is 5.69 Å². The van der Waals surface area contributed by atoms with Gasteiger partial charge >= 0.3 is 6.61 Å². The van der Waals surface area contributed by atoms with Crippen LogP contribution in [0.5, 0.6) is 5.75 Å². The zero-order valence-corrected chi connectivity index (χ0v) is 11.0. The summed E-state index contributed by atoms with van der Waals surface area (Å²) < 4.78 is 29.1. The van der Waals surface area contributed by atoms with Crippen molar-refractivity contribution in [1.82, 2.24) is 0 Å². The first-order valence-corrected chi connectivity index (χ1v) is 6.47. The lowest BCUT2D eigenvalue weighted by molar-refractivity contribution is -0.0493. The predicted octanol–water partition coefficient (Wildman–Crippen LogP) is 4.67. The molecule has 18 heavy (non-hydrogen) atoms. The minimum Gasteiger partial charge on any atom is -0.433 e. The van der Waals surface area contributed by atoms with Gasteiger partial charge in [0.15, 0.2) is 0 Å². The van der Waals surface area contributed by atoms with Crippen LogP contribution < -0.4 is 10.1 Å². The van der Waals surface area contributed by atoms with Crippen LogP contribution in [-0.4, -0.2) is 12.7 Å². The summed E-state index contributed by atoms with van der Waals surface area (Å²) in [5.41, 5.74) is 0.643. The smallest absolute Gasteiger partial charge is 0.387 e. The van der Waals surface area contributed by atoms with Gasteiger partial charge in [0.1, 0.15) is 5.75 Å². The minimum absolute atomic E-state index is 0.213. The number of hydrogen-bond donors (Lipinski definition) is 1. The second-order valence-corrected chi connectivity index (χ2v) is 4.29. The molecule has 102 valence electrons. The highest BCUT2D eigenvalue weighted by atomic mass is 19.3. The summed E-state index contributed by atoms with van der Waals surface area (Å²) in [4.78, 5) is 0. The van der Waals surface area contributed by atoms with Gasteiger partial charge in [0.25, 0.3) is 0 Å². The van der Waals surface area contributed by atoms with E-state index < -0.39 is 6.61 Å². The van der Waals surface area contributed by atoms with E-state index in [9.17, 15) is 8.78 Å². The number of rotatable bonds is 8. The highest BCUT2D eigenvalue weighted by Crippen LogP contribution is 2.27. The Morgan fingerprint density at radius 1 is 1.11 bits per heavy atom. The average molecular weight is 257 g/mol. The number of nitrogens with one attached hydrogen (secondary N) is 1. The summed E-state index contributed by atoms with van der Waals surface area (Å²) >= 11 is 0. The second-order valence-electron chi connectivity index (χ2n) is 4.29. The molecule has 1 N–H and O–H groups in total. The molecule has 1 rings (SSSR count). The lowest BCUT2D eigenvalue weighted by atomic mass is 10.1. The molecular formula is C14H21F2NO. The summed E-state index contributed by atoms with van der Waals surface area (Å²) in [6, 6.07) is 7.15. The molecule has 0 bridgehead atoms. The number of ether oxygens (including phenoxy) is 1. The topological polar surface area (TPSA) is 21.3 Å². The quantitative estimate of drug-likeness (QED) is 0.730. The fourth-order valence-electron chi connectivity index (χ4n) is 1.99. The van der Waals surface area contributed by atoms with Crippen LogP contribution in [-0.2, 0) is 0 Å². The molecule has 0 unspecified atom stereocenters. The van der Waals surface area contributed by atoms with Crippen LogP contribution in [0.2, 0.25) is 0 Å². The van der Waals surface area contributed by atoms with Crippen molar-refractivity contribution in [3.05, 3.63) is 24.3 Å². The highest BCUT2D eigenvalue weighted by molar-refractivity contribution is 5.56. The first-order chi connectivity index (χ1) is 8.67. The Bertz CT molecular complexity index is 338. The van der Waals surface area contributed by atoms with Crippen LogP contribution in [0.4, 0.5) is 14.5 Å². The highest BCUT2D eigenvalue weighted by Gasteiger charge is 2.12. The molecule has 1 aromatic rings. The van der Waals surface area contributed by atoms with Gasteiger partial charge in [-0.3, -0.25) is 0 Å². The molecule has 0 aliphatic heterocycles. The third kappa shape index (κ3) is 4.90. The summed E-state index contributed by atoms with van der Waals surface area (Å²) in [6.45, 7) is 1.45. The van der Waals surface area contributed by atoms with Gasteiger partial charge in [0, 0.05) is 6.04 Å². The van der Waals surface area contributed by atoms with Crippen LogP contribution in [0.1, 0.15) is 39.5 Å². The molecule has 0 aliphatic carbocycles. The summed E-state index contributed by atoms with van der Waals surface area (Å²) in [5, 5.41) is 3.30. The lowest BCUT2D eigenvalue weighted by Gasteiger charge is -2.20. The number of hydrogen-bond acceptors (Lipinski definition) is 2. The van der Waals surface area contributed by atoms with Gasteiger partial charge in [-0.1, -0.05) is 38.8 Å². The molecule has 0 saturated carbocycles. The number of anilines is 1. The van der Waals surface area contributed by atoms with E-state index in [2.05, 4.69) is 23.9 Å². The fraction of sp³-hybridized carbons (Fsp3) is 0.571. The molecular weight excluding hydrogens is 236 g/mol. The molecule has 0 saturated heterocycles. The molecule has 2 nitrogen and oxygen atoms in total. The van der Waals surface area contributed by atoms with Gasteiger partial charge < -0.3 is 10.1 Å². The molecule has 1 aromatic carbocycles. The summed E-state index contributed by atoms with van der Waals surface area (Å²) in [5.74, 6) is 0.213. The molecule has 0 heterocycles. The normalized spacial score (nSPS) is 11.0. The van der Waals surface area contributed by atoms with Gasteiger partial charge in [-0.25, -0.2) is 0 Å². The fourth-order valence-corrected chi connectivity index (χ4v) is 1.99. The van der Waals surface area contributed by atoms with E-state index in [1.807, 2.05) is 6.07 Å². The van der Waals surface area contributed by atoms with Crippen molar-refractivity contribution in [3.8, 4) is 5.75 Å². The molecule has 0 atom stereocenters. The SMILES string of the molecule is CCCC(CCC)Nc1ccccc1OC(F)F. The van der Waals surface area contributed by atoms with Crippen LogP contribution in [0.15, 0.2) is 24.3 Å². The van der Waals surface area contributed by atoms with Crippen molar-refractivity contribution in [2.45, 2.75) is 52.2 Å². The largest absolute Gasteiger partial charge is 0.433 e. The third-order valence-electron chi connectivity index (χ3n) is 2.74. The van der Waals surface area contributed by atoms with E-state index in [0.717, 1.165) is 25.7 Å². The minimum atomic E-state index is -2.79. The first kappa shape index (κ1) is 14.7. The Hall–Kier alpha value is -1.32. The maximum atomic E-state index is 12.3. The van der Waals surface area contributed by atoms with Crippen molar-refractivity contribution in [1.29, 1.82) is 0 Å². The van der Waals surface area contributed by atoms with Gasteiger partial charge in [-0.05, 0) is 25.0 Å². The summed E-state index contributed by atoms with van der Waals surface area (Å²) in [6.07, 6.45) is 4.18. The monoisotopic (exact) mass is 257 g/mol. The van der Waals surface area contributed by atoms with Crippen molar-refractivity contribution < 1.29 is 13.5 Å². The van der Waals surface area contributed by atoms with Crippen LogP contribution in [0.3, 0.4) is 0 Å². The van der Waals surface area contributed by atoms with Crippen molar-refractivity contribution in [3.63, 3.8) is 0 Å². The maximum Gasteiger partial charge on any atom is 0.387 e. The van der Waals surface area contributed by atoms with E-state index in [1.165, 1.54) is 0 Å². The Balaban J connectivity index is 2.74. The Morgan fingerprint density at radius 3 is 2.28 bits per heavy atom. The molecule has 0 aromatic heterocycles. The Kier molecular flexibility index (Phi) is 6.47. The number of alkyl halides is 2. The van der Waals surface area contributed by atoms with E-state index in [-0.39, 0.29) is 5.75 Å². The maximum absolute atomic E-state index is 12.3. The molecule has 0 fully saturated rings. The molecule has 0 amide bonds. The number of halogens is 2. The first-order valence-electron chi connectivity index (χ1n) is 6.47. The standard InChI is InChI=1S/C14H21F2NO/c1-3-7-11(8-4-2)17-12-9-5-6-10-13(12)18-14(15)16/h5-6,9-11,14,17H,3-4,7-8H2,1-2H3. The van der Waals surface area contributed by atoms with E-state index in [4.69, 9.17) is 0 Å². The third-order valence-corrected chi connectivity index (χ3v) is 2.74. The van der Waals surface area contributed by atoms with Crippen LogP contribution >= 0.6 is 0 Å². The van der Waals surface area contributed by atoms with E-state index in [0.29, 0.717) is 11.7 Å². The lowest BCUT2D eigenvalue weighted by Crippen LogP contribution is -2.19. The van der Waals surface area contributed by atoms with Gasteiger partial charge in [-0.2, -0.15) is 8.78 Å². The predicted molar refractivity (Wildman–Crippen MR) is 70.3 cm³/mol. The summed E-state index contributed by atoms with van der Waals surface area (Å²) in [7, 11) is 0. The van der Waals surface area contributed by atoms with Crippen LogP contribution in [0, 0.1) is 0 Å². The Morgan fingerprint density at radius 2 is 1.72 bits per heavy atom.